The summed E-state index contributed by atoms with van der Waals surface area (Å²) in [6, 6.07) is 14.4. The molecule has 3 aromatic rings. The van der Waals surface area contributed by atoms with Gasteiger partial charge in [-0.2, -0.15) is 0 Å². The molecule has 1 N–H and O–H groups in total. The number of aromatic amines is 1. The Kier molecular flexibility index (Phi) is 6.36. The summed E-state index contributed by atoms with van der Waals surface area (Å²) in [5, 5.41) is 3.15. The summed E-state index contributed by atoms with van der Waals surface area (Å²) in [6.45, 7) is 0.707. The lowest BCUT2D eigenvalue weighted by Crippen LogP contribution is -2.08. The third-order valence-electron chi connectivity index (χ3n) is 3.75. The average molecular weight is 375 g/mol. The summed E-state index contributed by atoms with van der Waals surface area (Å²) < 4.78 is 5.83. The lowest BCUT2D eigenvalue weighted by Gasteiger charge is -2.07. The Balaban J connectivity index is 1.34. The van der Waals surface area contributed by atoms with Gasteiger partial charge in [0.1, 0.15) is 10.8 Å². The zero-order valence-corrected chi connectivity index (χ0v) is 15.3. The number of nitrogens with zero attached hydrogens (tertiary/aromatic N) is 1. The van der Waals surface area contributed by atoms with Crippen molar-refractivity contribution < 1.29 is 4.74 Å². The van der Waals surface area contributed by atoms with E-state index in [9.17, 15) is 4.79 Å². The number of unbranched alkanes of at least 4 members (excludes halogenated alkanes) is 2. The number of rotatable bonds is 8. The van der Waals surface area contributed by atoms with Gasteiger partial charge in [-0.05, 0) is 42.2 Å². The SMILES string of the molecule is O=c1[nH]c(SCCCCCOc2ccc3ccccc3c2)ncc1Cl. The highest BCUT2D eigenvalue weighted by atomic mass is 35.5. The van der Waals surface area contributed by atoms with E-state index in [0.29, 0.717) is 11.8 Å². The van der Waals surface area contributed by atoms with Crippen molar-refractivity contribution in [2.75, 3.05) is 12.4 Å². The zero-order chi connectivity index (χ0) is 17.5. The lowest BCUT2D eigenvalue weighted by atomic mass is 10.1. The predicted octanol–water partition coefficient (Wildman–Crippen LogP) is 4.92. The van der Waals surface area contributed by atoms with Gasteiger partial charge in [-0.25, -0.2) is 4.98 Å². The highest BCUT2D eigenvalue weighted by Gasteiger charge is 2.01. The summed E-state index contributed by atoms with van der Waals surface area (Å²) in [5.74, 6) is 1.82. The van der Waals surface area contributed by atoms with Crippen LogP contribution < -0.4 is 10.3 Å². The molecule has 25 heavy (non-hydrogen) atoms. The number of nitrogens with one attached hydrogen (secondary N) is 1. The molecule has 0 spiro atoms. The molecule has 6 heteroatoms. The standard InChI is InChI=1S/C19H19ClN2O2S/c20-17-13-21-19(22-18(17)23)25-11-5-1-4-10-24-16-9-8-14-6-2-3-7-15(14)12-16/h2-3,6-9,12-13H,1,4-5,10-11H2,(H,21,22,23). The molecule has 3 rings (SSSR count). The minimum atomic E-state index is -0.289. The number of fused-ring (bicyclic) bond motifs is 1. The van der Waals surface area contributed by atoms with Crippen LogP contribution in [-0.4, -0.2) is 22.3 Å². The van der Waals surface area contributed by atoms with Crippen LogP contribution in [0.3, 0.4) is 0 Å². The molecule has 4 nitrogen and oxygen atoms in total. The normalized spacial score (nSPS) is 10.9. The van der Waals surface area contributed by atoms with Gasteiger partial charge >= 0.3 is 0 Å². The molecule has 0 unspecified atom stereocenters. The van der Waals surface area contributed by atoms with E-state index >= 15 is 0 Å². The second-order valence-corrected chi connectivity index (χ2v) is 7.12. The molecule has 0 atom stereocenters. The number of aromatic nitrogens is 2. The fourth-order valence-electron chi connectivity index (χ4n) is 2.43. The number of H-pyrrole nitrogens is 1. The Morgan fingerprint density at radius 3 is 2.76 bits per heavy atom. The maximum atomic E-state index is 11.4. The first-order valence-corrected chi connectivity index (χ1v) is 9.58. The van der Waals surface area contributed by atoms with Crippen LogP contribution >= 0.6 is 23.4 Å². The summed E-state index contributed by atoms with van der Waals surface area (Å²) in [6.07, 6.45) is 4.49. The summed E-state index contributed by atoms with van der Waals surface area (Å²) in [5.41, 5.74) is -0.289. The smallest absolute Gasteiger partial charge is 0.270 e. The van der Waals surface area contributed by atoms with Crippen molar-refractivity contribution in [3.05, 3.63) is 64.0 Å². The monoisotopic (exact) mass is 374 g/mol. The number of hydrogen-bond acceptors (Lipinski definition) is 4. The molecule has 2 aromatic carbocycles. The Labute approximate surface area is 155 Å². The van der Waals surface area contributed by atoms with Gasteiger partial charge < -0.3 is 9.72 Å². The summed E-state index contributed by atoms with van der Waals surface area (Å²) in [4.78, 5) is 18.1. The van der Waals surface area contributed by atoms with Gasteiger partial charge in [0, 0.05) is 5.75 Å². The topological polar surface area (TPSA) is 55.0 Å². The fraction of sp³-hybridized carbons (Fsp3) is 0.263. The van der Waals surface area contributed by atoms with Crippen molar-refractivity contribution >= 4 is 34.1 Å². The average Bonchev–Trinajstić information content (AvgIpc) is 2.63. The summed E-state index contributed by atoms with van der Waals surface area (Å²) in [7, 11) is 0. The Morgan fingerprint density at radius 1 is 1.08 bits per heavy atom. The van der Waals surface area contributed by atoms with Crippen LogP contribution in [0.2, 0.25) is 5.02 Å². The van der Waals surface area contributed by atoms with Crippen molar-refractivity contribution in [1.82, 2.24) is 9.97 Å². The van der Waals surface area contributed by atoms with Crippen LogP contribution in [0.5, 0.6) is 5.75 Å². The van der Waals surface area contributed by atoms with E-state index < -0.39 is 0 Å². The van der Waals surface area contributed by atoms with Crippen LogP contribution in [-0.2, 0) is 0 Å². The van der Waals surface area contributed by atoms with Gasteiger partial charge in [-0.15, -0.1) is 0 Å². The highest BCUT2D eigenvalue weighted by Crippen LogP contribution is 2.21. The maximum Gasteiger partial charge on any atom is 0.270 e. The van der Waals surface area contributed by atoms with Gasteiger partial charge in [-0.3, -0.25) is 4.79 Å². The minimum absolute atomic E-state index is 0.121. The number of thioether (sulfide) groups is 1. The highest BCUT2D eigenvalue weighted by molar-refractivity contribution is 7.99. The molecule has 0 amide bonds. The third kappa shape index (κ3) is 5.25. The molecule has 130 valence electrons. The third-order valence-corrected chi connectivity index (χ3v) is 4.99. The van der Waals surface area contributed by atoms with Gasteiger partial charge in [0.15, 0.2) is 5.16 Å². The molecular formula is C19H19ClN2O2S. The Bertz CT molecular complexity index is 898. The zero-order valence-electron chi connectivity index (χ0n) is 13.7. The number of hydrogen-bond donors (Lipinski definition) is 1. The van der Waals surface area contributed by atoms with E-state index in [4.69, 9.17) is 16.3 Å². The van der Waals surface area contributed by atoms with E-state index in [0.717, 1.165) is 30.8 Å². The van der Waals surface area contributed by atoms with Crippen LogP contribution in [0.25, 0.3) is 10.8 Å². The van der Waals surface area contributed by atoms with Crippen molar-refractivity contribution in [2.24, 2.45) is 0 Å². The van der Waals surface area contributed by atoms with Crippen molar-refractivity contribution in [2.45, 2.75) is 24.4 Å². The lowest BCUT2D eigenvalue weighted by molar-refractivity contribution is 0.307. The van der Waals surface area contributed by atoms with Gasteiger partial charge in [0.25, 0.3) is 5.56 Å². The molecule has 0 aliphatic carbocycles. The van der Waals surface area contributed by atoms with E-state index in [2.05, 4.69) is 34.2 Å². The first kappa shape index (κ1) is 17.8. The van der Waals surface area contributed by atoms with Crippen LogP contribution in [0.15, 0.2) is 58.6 Å². The molecule has 1 aromatic heterocycles. The number of benzene rings is 2. The molecule has 0 saturated heterocycles. The van der Waals surface area contributed by atoms with E-state index in [1.807, 2.05) is 18.2 Å². The van der Waals surface area contributed by atoms with Gasteiger partial charge in [-0.1, -0.05) is 53.7 Å². The number of halogens is 1. The molecule has 0 aliphatic heterocycles. The molecule has 1 heterocycles. The Hall–Kier alpha value is -1.98. The molecule has 0 radical (unpaired) electrons. The second kappa shape index (κ2) is 8.92. The van der Waals surface area contributed by atoms with Crippen molar-refractivity contribution in [3.63, 3.8) is 0 Å². The second-order valence-electron chi connectivity index (χ2n) is 5.63. The molecule has 0 bridgehead atoms. The van der Waals surface area contributed by atoms with Crippen LogP contribution in [0.1, 0.15) is 19.3 Å². The molecular weight excluding hydrogens is 356 g/mol. The van der Waals surface area contributed by atoms with E-state index in [-0.39, 0.29) is 10.6 Å². The summed E-state index contributed by atoms with van der Waals surface area (Å²) >= 11 is 7.19. The van der Waals surface area contributed by atoms with E-state index in [1.165, 1.54) is 28.7 Å². The van der Waals surface area contributed by atoms with Gasteiger partial charge in [0.05, 0.1) is 12.8 Å². The largest absolute Gasteiger partial charge is 0.494 e. The van der Waals surface area contributed by atoms with E-state index in [1.54, 1.807) is 0 Å². The number of ether oxygens (including phenoxy) is 1. The fourth-order valence-corrected chi connectivity index (χ4v) is 3.36. The minimum Gasteiger partial charge on any atom is -0.494 e. The van der Waals surface area contributed by atoms with Crippen LogP contribution in [0.4, 0.5) is 0 Å². The quantitative estimate of drug-likeness (QED) is 0.345. The Morgan fingerprint density at radius 2 is 1.92 bits per heavy atom. The van der Waals surface area contributed by atoms with Crippen molar-refractivity contribution in [1.29, 1.82) is 0 Å². The van der Waals surface area contributed by atoms with Crippen molar-refractivity contribution in [3.8, 4) is 5.75 Å². The van der Waals surface area contributed by atoms with Gasteiger partial charge in [0.2, 0.25) is 0 Å². The predicted molar refractivity (Wildman–Crippen MR) is 104 cm³/mol. The van der Waals surface area contributed by atoms with Crippen LogP contribution in [0, 0.1) is 0 Å². The molecule has 0 fully saturated rings. The maximum absolute atomic E-state index is 11.4. The first-order valence-electron chi connectivity index (χ1n) is 8.21. The first-order chi connectivity index (χ1) is 12.2. The molecule has 0 saturated carbocycles. The molecule has 0 aliphatic rings.